The molecule has 16 heavy (non-hydrogen) atoms. The molecule has 4 N–H and O–H groups in total. The smallest absolute Gasteiger partial charge is 0.264 e. The van der Waals surface area contributed by atoms with Crippen molar-refractivity contribution in [2.45, 2.75) is 0 Å². The predicted molar refractivity (Wildman–Crippen MR) is 39.4 cm³/mol. The van der Waals surface area contributed by atoms with Crippen LogP contribution < -0.4 is 0 Å². The maximum absolute atomic E-state index is 9.51. The molecule has 102 valence electrons. The van der Waals surface area contributed by atoms with Gasteiger partial charge in [-0.15, -0.1) is 0 Å². The van der Waals surface area contributed by atoms with Crippen molar-refractivity contribution in [2.24, 2.45) is 0 Å². The third-order valence-corrected chi connectivity index (χ3v) is 0.766. The van der Waals surface area contributed by atoms with E-state index in [0.29, 0.717) is 0 Å². The Morgan fingerprint density at radius 3 is 0.812 bits per heavy atom. The zero-order valence-electron chi connectivity index (χ0n) is 6.63. The van der Waals surface area contributed by atoms with Crippen LogP contribution in [0.5, 0.6) is 0 Å². The van der Waals surface area contributed by atoms with Crippen molar-refractivity contribution in [3.63, 3.8) is 0 Å². The molecule has 0 bridgehead atoms. The zero-order valence-corrected chi connectivity index (χ0v) is 10.2. The minimum atomic E-state index is -5.02. The topological polar surface area (TPSA) is 202 Å². The van der Waals surface area contributed by atoms with E-state index in [1.54, 1.807) is 0 Å². The fourth-order valence-corrected chi connectivity index (χ4v) is 0.632. The minimum Gasteiger partial charge on any atom is -0.264 e. The van der Waals surface area contributed by atoms with Crippen LogP contribution >= 0.6 is 0 Å². The van der Waals surface area contributed by atoms with Gasteiger partial charge >= 0.3 is 31.2 Å². The summed E-state index contributed by atoms with van der Waals surface area (Å²) >= 11 is 0. The van der Waals surface area contributed by atoms with Gasteiger partial charge in [0.05, 0.1) is 0 Å². The molecule has 0 aliphatic carbocycles. The summed E-state index contributed by atoms with van der Waals surface area (Å²) in [5.74, 6) is 0. The number of hydrogen-bond donors (Lipinski definition) is 4. The largest absolute Gasteiger partial charge is 0.425 e. The molecule has 0 heterocycles. The predicted octanol–water partition coefficient (Wildman–Crippen LogP) is -2.12. The molecule has 0 fully saturated rings. The van der Waals surface area contributed by atoms with E-state index in [4.69, 9.17) is 26.6 Å². The van der Waals surface area contributed by atoms with Gasteiger partial charge in [-0.2, -0.15) is 25.3 Å². The second-order valence-corrected chi connectivity index (χ2v) is 4.32. The Balaban J connectivity index is -0.000000242. The van der Waals surface area contributed by atoms with E-state index < -0.39 is 31.2 Å². The molecule has 0 saturated carbocycles. The molecule has 0 rings (SSSR count). The van der Waals surface area contributed by atoms with E-state index in [1.165, 1.54) is 0 Å². The number of hydrogen-bond acceptors (Lipinski definition) is 8. The third-order valence-electron chi connectivity index (χ3n) is 0.200. The Morgan fingerprint density at radius 2 is 0.750 bits per heavy atom. The van der Waals surface area contributed by atoms with Crippen LogP contribution in [-0.4, -0.2) is 43.5 Å². The van der Waals surface area contributed by atoms with Crippen LogP contribution in [0.3, 0.4) is 0 Å². The fourth-order valence-electron chi connectivity index (χ4n) is 0.0702. The van der Waals surface area contributed by atoms with Gasteiger partial charge in [-0.05, 0) is 0 Å². The summed E-state index contributed by atoms with van der Waals surface area (Å²) in [6, 6.07) is 0. The molecular weight excluding hydrogens is 344 g/mol. The van der Waals surface area contributed by atoms with Crippen LogP contribution in [0.15, 0.2) is 0 Å². The molecule has 0 spiro atoms. The van der Waals surface area contributed by atoms with Crippen molar-refractivity contribution in [1.82, 2.24) is 0 Å². The van der Waals surface area contributed by atoms with E-state index in [0.717, 1.165) is 0 Å². The maximum Gasteiger partial charge on any atom is 0.425 e. The molecule has 0 radical (unpaired) electrons. The van der Waals surface area contributed by atoms with Gasteiger partial charge in [-0.1, -0.05) is 8.67 Å². The van der Waals surface area contributed by atoms with Gasteiger partial charge in [0.2, 0.25) is 0 Å². The van der Waals surface area contributed by atoms with Gasteiger partial charge in [0, 0.05) is 17.1 Å². The van der Waals surface area contributed by atoms with Gasteiger partial charge in [0.25, 0.3) is 0 Å². The van der Waals surface area contributed by atoms with Crippen molar-refractivity contribution in [3.8, 4) is 0 Å². The van der Waals surface area contributed by atoms with E-state index in [-0.39, 0.29) is 17.1 Å². The van der Waals surface area contributed by atoms with E-state index in [1.807, 2.05) is 0 Å². The molecule has 0 atom stereocenters. The number of rotatable bonds is 3. The molecule has 0 amide bonds. The Labute approximate surface area is 100 Å². The SMILES string of the molecule is O=S(=O)(O)O.O=S(=O)(O)OOS(=O)(=O)O.[Fe]. The van der Waals surface area contributed by atoms with E-state index in [2.05, 4.69) is 8.67 Å². The summed E-state index contributed by atoms with van der Waals surface area (Å²) in [7, 11) is -14.7. The first-order valence-electron chi connectivity index (χ1n) is 2.23. The summed E-state index contributed by atoms with van der Waals surface area (Å²) in [6.45, 7) is 0. The average Bonchev–Trinajstić information content (AvgIpc) is 1.76. The molecule has 0 saturated heterocycles. The summed E-state index contributed by atoms with van der Waals surface area (Å²) < 4.78 is 90.5. The zero-order chi connectivity index (χ0) is 12.9. The maximum atomic E-state index is 9.51. The van der Waals surface area contributed by atoms with Crippen LogP contribution in [-0.2, 0) is 56.9 Å². The first-order chi connectivity index (χ1) is 6.21. The van der Waals surface area contributed by atoms with Crippen LogP contribution in [0, 0.1) is 0 Å². The Kier molecular flexibility index (Phi) is 9.98. The Morgan fingerprint density at radius 1 is 0.625 bits per heavy atom. The first-order valence-corrected chi connectivity index (χ1v) is 6.36. The summed E-state index contributed by atoms with van der Waals surface area (Å²) in [4.78, 5) is 0. The summed E-state index contributed by atoms with van der Waals surface area (Å²) in [6.07, 6.45) is 0. The molecule has 16 heteroatoms. The summed E-state index contributed by atoms with van der Waals surface area (Å²) in [5, 5.41) is 0. The van der Waals surface area contributed by atoms with Gasteiger partial charge in [-0.3, -0.25) is 18.2 Å². The van der Waals surface area contributed by atoms with Gasteiger partial charge in [0.1, 0.15) is 0 Å². The molecule has 0 aromatic heterocycles. The quantitative estimate of drug-likeness (QED) is 0.187. The second-order valence-electron chi connectivity index (χ2n) is 1.44. The van der Waals surface area contributed by atoms with Crippen molar-refractivity contribution < 1.29 is 69.2 Å². The van der Waals surface area contributed by atoms with E-state index in [9.17, 15) is 16.8 Å². The summed E-state index contributed by atoms with van der Waals surface area (Å²) in [5.41, 5.74) is 0. The Hall–Kier alpha value is 0.129. The first kappa shape index (κ1) is 21.4. The normalized spacial score (nSPS) is 12.0. The molecule has 12 nitrogen and oxygen atoms in total. The fraction of sp³-hybridized carbons (Fsp3) is 0. The monoisotopic (exact) mass is 348 g/mol. The van der Waals surface area contributed by atoms with Crippen LogP contribution in [0.4, 0.5) is 0 Å². The average molecular weight is 348 g/mol. The molecule has 0 unspecified atom stereocenters. The van der Waals surface area contributed by atoms with Crippen molar-refractivity contribution in [3.05, 3.63) is 0 Å². The van der Waals surface area contributed by atoms with Gasteiger partial charge in [-0.25, -0.2) is 0 Å². The Bertz CT molecular complexity index is 420. The van der Waals surface area contributed by atoms with Crippen molar-refractivity contribution in [1.29, 1.82) is 0 Å². The van der Waals surface area contributed by atoms with Crippen molar-refractivity contribution >= 4 is 31.2 Å². The molecular formula is H4FeO12S3. The molecule has 0 aliphatic rings. The molecule has 0 aromatic carbocycles. The minimum absolute atomic E-state index is 0. The second kappa shape index (κ2) is 7.45. The van der Waals surface area contributed by atoms with Crippen LogP contribution in [0.1, 0.15) is 0 Å². The molecule has 0 aliphatic heterocycles. The van der Waals surface area contributed by atoms with Gasteiger partial charge in [0.15, 0.2) is 0 Å². The van der Waals surface area contributed by atoms with Crippen LogP contribution in [0.25, 0.3) is 0 Å². The standard InChI is InChI=1S/Fe.H2O8S2.H2O4S/c;1-9(2,3)7-8-10(4,5)6;1-5(2,3)4/h;(H,1,2,3)(H,4,5,6);(H2,1,2,3,4). The third kappa shape index (κ3) is 47.9. The van der Waals surface area contributed by atoms with Gasteiger partial charge < -0.3 is 0 Å². The van der Waals surface area contributed by atoms with Crippen LogP contribution in [0.2, 0.25) is 0 Å². The van der Waals surface area contributed by atoms with Crippen molar-refractivity contribution in [2.75, 3.05) is 0 Å². The molecule has 0 aromatic rings. The van der Waals surface area contributed by atoms with E-state index >= 15 is 0 Å².